The van der Waals surface area contributed by atoms with Crippen LogP contribution in [-0.4, -0.2) is 193 Å². The summed E-state index contributed by atoms with van der Waals surface area (Å²) in [5.41, 5.74) is 0. The summed E-state index contributed by atoms with van der Waals surface area (Å²) in [6.45, 7) is 1.43. The topological polar surface area (TPSA) is 307 Å². The minimum Gasteiger partial charge on any atom is -0.394 e. The number of hydrogen-bond donors (Lipinski definition) is 12. The van der Waals surface area contributed by atoms with Crippen LogP contribution in [0.15, 0.2) is 85.1 Å². The summed E-state index contributed by atoms with van der Waals surface area (Å²) in [5.74, 6) is -0.338. The van der Waals surface area contributed by atoms with Gasteiger partial charge in [-0.05, 0) is 77.0 Å². The van der Waals surface area contributed by atoms with E-state index in [2.05, 4.69) is 92.1 Å². The minimum atomic E-state index is -1.99. The molecule has 3 saturated heterocycles. The molecule has 3 heterocycles. The Morgan fingerprint density at radius 3 is 1.50 bits per heavy atom. The summed E-state index contributed by atoms with van der Waals surface area (Å²) in [5, 5.41) is 119. The maximum absolute atomic E-state index is 13.2. The summed E-state index contributed by atoms with van der Waals surface area (Å²) in [7, 11) is 0. The Morgan fingerprint density at radius 2 is 0.958 bits per heavy atom. The Kier molecular flexibility index (Phi) is 32.4. The smallest absolute Gasteiger partial charge is 0.220 e. The molecular formula is C53H87NO18. The fourth-order valence-corrected chi connectivity index (χ4v) is 8.08. The highest BCUT2D eigenvalue weighted by Gasteiger charge is 2.53. The van der Waals surface area contributed by atoms with Crippen LogP contribution in [0.4, 0.5) is 0 Å². The van der Waals surface area contributed by atoms with Gasteiger partial charge in [-0.1, -0.05) is 112 Å². The van der Waals surface area contributed by atoms with Crippen LogP contribution in [0.1, 0.15) is 110 Å². The maximum Gasteiger partial charge on any atom is 0.220 e. The molecule has 19 nitrogen and oxygen atoms in total. The lowest BCUT2D eigenvalue weighted by Gasteiger charge is -2.48. The van der Waals surface area contributed by atoms with Gasteiger partial charge in [-0.25, -0.2) is 0 Å². The lowest BCUT2D eigenvalue weighted by atomic mass is 9.96. The van der Waals surface area contributed by atoms with Gasteiger partial charge >= 0.3 is 0 Å². The molecule has 0 saturated carbocycles. The first-order valence-corrected chi connectivity index (χ1v) is 25.8. The van der Waals surface area contributed by atoms with E-state index in [1.807, 2.05) is 0 Å². The minimum absolute atomic E-state index is 0.174. The van der Waals surface area contributed by atoms with Gasteiger partial charge in [0.15, 0.2) is 18.9 Å². The Bertz CT molecular complexity index is 1650. The van der Waals surface area contributed by atoms with Crippen LogP contribution in [0.3, 0.4) is 0 Å². The van der Waals surface area contributed by atoms with Crippen LogP contribution in [0.2, 0.25) is 0 Å². The highest BCUT2D eigenvalue weighted by atomic mass is 16.8. The fourth-order valence-electron chi connectivity index (χ4n) is 8.08. The molecule has 0 spiro atoms. The molecule has 0 bridgehead atoms. The summed E-state index contributed by atoms with van der Waals surface area (Å²) in [4.78, 5) is 13.2. The number of unbranched alkanes of at least 4 members (excludes halogenated alkanes) is 6. The highest BCUT2D eigenvalue weighted by molar-refractivity contribution is 5.76. The van der Waals surface area contributed by atoms with E-state index < -0.39 is 131 Å². The Labute approximate surface area is 425 Å². The van der Waals surface area contributed by atoms with Crippen molar-refractivity contribution in [3.8, 4) is 0 Å². The predicted molar refractivity (Wildman–Crippen MR) is 268 cm³/mol. The van der Waals surface area contributed by atoms with Gasteiger partial charge in [0, 0.05) is 6.42 Å². The van der Waals surface area contributed by atoms with Crippen molar-refractivity contribution in [3.63, 3.8) is 0 Å². The average Bonchev–Trinajstić information content (AvgIpc) is 3.37. The lowest BCUT2D eigenvalue weighted by molar-refractivity contribution is -0.379. The van der Waals surface area contributed by atoms with E-state index in [1.54, 1.807) is 12.2 Å². The van der Waals surface area contributed by atoms with Crippen LogP contribution in [0, 0.1) is 0 Å². The lowest BCUT2D eigenvalue weighted by Crippen LogP contribution is -2.66. The molecule has 3 rings (SSSR count). The van der Waals surface area contributed by atoms with E-state index in [4.69, 9.17) is 28.4 Å². The number of aliphatic hydroxyl groups is 11. The third kappa shape index (κ3) is 22.0. The van der Waals surface area contributed by atoms with Crippen molar-refractivity contribution in [2.45, 2.75) is 214 Å². The second kappa shape index (κ2) is 36.8. The van der Waals surface area contributed by atoms with Crippen molar-refractivity contribution in [1.82, 2.24) is 5.32 Å². The molecule has 0 aliphatic carbocycles. The molecule has 19 heteroatoms. The number of hydrogen-bond acceptors (Lipinski definition) is 18. The second-order valence-electron chi connectivity index (χ2n) is 18.2. The fraction of sp³-hybridized carbons (Fsp3) is 0.717. The number of allylic oxidation sites excluding steroid dienone is 13. The Balaban J connectivity index is 1.59. The molecule has 17 unspecified atom stereocenters. The van der Waals surface area contributed by atoms with E-state index in [-0.39, 0.29) is 12.3 Å². The van der Waals surface area contributed by atoms with Crippen molar-refractivity contribution in [3.05, 3.63) is 85.1 Å². The number of aliphatic hydroxyl groups excluding tert-OH is 11. The molecule has 0 radical (unpaired) electrons. The zero-order valence-corrected chi connectivity index (χ0v) is 42.1. The average molecular weight is 1030 g/mol. The normalized spacial score (nSPS) is 32.7. The molecule has 72 heavy (non-hydrogen) atoms. The monoisotopic (exact) mass is 1030 g/mol. The molecule has 412 valence electrons. The number of carbonyl (C=O) groups excluding carboxylic acids is 1. The van der Waals surface area contributed by atoms with Crippen LogP contribution >= 0.6 is 0 Å². The largest absolute Gasteiger partial charge is 0.394 e. The number of amides is 1. The molecule has 3 aliphatic heterocycles. The summed E-state index contributed by atoms with van der Waals surface area (Å²) < 4.78 is 34.0. The molecule has 1 amide bonds. The summed E-state index contributed by atoms with van der Waals surface area (Å²) in [6, 6.07) is -1.02. The van der Waals surface area contributed by atoms with Crippen LogP contribution in [0.5, 0.6) is 0 Å². The standard InChI is InChI=1S/C53H87NO18/c1-3-5-7-9-11-13-15-17-18-19-21-23-25-27-29-31-41(59)54-36(37(58)30-28-26-24-22-20-16-14-12-10-8-6-4-2)35-67-51-47(65)44(62)49(39(33-56)69-51)72-53-48(66)45(63)50(40(34-57)70-53)71-52-46(64)43(61)42(60)38(32-55)68-52/h5,7,10-13,17-18,20-23,28,30,36-40,42-53,55-58,60-66H,3-4,6,8-9,14-16,19,24-27,29,31-35H2,1-2H3,(H,54,59)/b7-5-,12-10+,13-11-,18-17-,22-20+,23-21-,30-28+. The van der Waals surface area contributed by atoms with E-state index in [1.165, 1.54) is 12.8 Å². The maximum atomic E-state index is 13.2. The zero-order chi connectivity index (χ0) is 52.7. The molecule has 17 atom stereocenters. The molecule has 0 aromatic heterocycles. The van der Waals surface area contributed by atoms with Crippen molar-refractivity contribution in [2.75, 3.05) is 26.4 Å². The zero-order valence-electron chi connectivity index (χ0n) is 42.1. The molecule has 3 aliphatic rings. The number of nitrogens with one attached hydrogen (secondary N) is 1. The first-order valence-electron chi connectivity index (χ1n) is 25.8. The molecular weight excluding hydrogens is 939 g/mol. The van der Waals surface area contributed by atoms with Crippen molar-refractivity contribution >= 4 is 5.91 Å². The molecule has 0 aromatic carbocycles. The van der Waals surface area contributed by atoms with Crippen LogP contribution in [-0.2, 0) is 33.2 Å². The first-order chi connectivity index (χ1) is 34.8. The summed E-state index contributed by atoms with van der Waals surface area (Å²) in [6.07, 6.45) is 14.5. The van der Waals surface area contributed by atoms with Gasteiger partial charge in [-0.15, -0.1) is 0 Å². The molecule has 12 N–H and O–H groups in total. The van der Waals surface area contributed by atoms with E-state index >= 15 is 0 Å². The SMILES string of the molecule is CC/C=C\C/C=C\C/C=C\C/C=C\CCCCC(=O)NC(COC1OC(CO)C(OC2OC(CO)C(OC3OC(CO)C(O)C(O)C3O)C(O)C2O)C(O)C1O)C(O)/C=C/CC/C=C/CC/C=C/CCCC. The van der Waals surface area contributed by atoms with Gasteiger partial charge in [0.05, 0.1) is 38.6 Å². The predicted octanol–water partition coefficient (Wildman–Crippen LogP) is 2.08. The Hall–Kier alpha value is -3.03. The van der Waals surface area contributed by atoms with Crippen LogP contribution in [0.25, 0.3) is 0 Å². The van der Waals surface area contributed by atoms with E-state index in [0.717, 1.165) is 64.2 Å². The van der Waals surface area contributed by atoms with Gasteiger partial charge in [-0.2, -0.15) is 0 Å². The summed E-state index contributed by atoms with van der Waals surface area (Å²) >= 11 is 0. The van der Waals surface area contributed by atoms with Gasteiger partial charge in [0.1, 0.15) is 73.2 Å². The van der Waals surface area contributed by atoms with Gasteiger partial charge in [-0.3, -0.25) is 4.79 Å². The van der Waals surface area contributed by atoms with Crippen molar-refractivity contribution in [1.29, 1.82) is 0 Å². The Morgan fingerprint density at radius 1 is 0.514 bits per heavy atom. The third-order valence-electron chi connectivity index (χ3n) is 12.4. The number of carbonyl (C=O) groups is 1. The van der Waals surface area contributed by atoms with Gasteiger partial charge < -0.3 is 89.9 Å². The van der Waals surface area contributed by atoms with Crippen molar-refractivity contribution < 1.29 is 89.4 Å². The number of ether oxygens (including phenoxy) is 6. The number of rotatable bonds is 34. The quantitative estimate of drug-likeness (QED) is 0.0324. The van der Waals surface area contributed by atoms with Crippen LogP contribution < -0.4 is 5.32 Å². The second-order valence-corrected chi connectivity index (χ2v) is 18.2. The third-order valence-corrected chi connectivity index (χ3v) is 12.4. The van der Waals surface area contributed by atoms with Gasteiger partial charge in [0.2, 0.25) is 5.91 Å². The van der Waals surface area contributed by atoms with Crippen molar-refractivity contribution in [2.24, 2.45) is 0 Å². The molecule has 3 fully saturated rings. The van der Waals surface area contributed by atoms with E-state index in [0.29, 0.717) is 12.8 Å². The first kappa shape index (κ1) is 63.3. The highest BCUT2D eigenvalue weighted by Crippen LogP contribution is 2.33. The van der Waals surface area contributed by atoms with Gasteiger partial charge in [0.25, 0.3) is 0 Å². The molecule has 0 aromatic rings. The van der Waals surface area contributed by atoms with E-state index in [9.17, 15) is 61.0 Å².